The van der Waals surface area contributed by atoms with Gasteiger partial charge >= 0.3 is 0 Å². The summed E-state index contributed by atoms with van der Waals surface area (Å²) in [5.41, 5.74) is 1.42. The Bertz CT molecular complexity index is 1020. The highest BCUT2D eigenvalue weighted by molar-refractivity contribution is 5.95. The first-order valence-corrected chi connectivity index (χ1v) is 9.84. The van der Waals surface area contributed by atoms with Crippen LogP contribution in [-0.4, -0.2) is 25.0 Å². The lowest BCUT2D eigenvalue weighted by molar-refractivity contribution is -0.118. The van der Waals surface area contributed by atoms with E-state index in [0.717, 1.165) is 18.7 Å². The van der Waals surface area contributed by atoms with Crippen LogP contribution in [0.2, 0.25) is 0 Å². The Morgan fingerprint density at radius 2 is 1.63 bits per heavy atom. The first-order chi connectivity index (χ1) is 14.7. The number of nitrogens with one attached hydrogen (secondary N) is 1. The zero-order chi connectivity index (χ0) is 20.8. The van der Waals surface area contributed by atoms with E-state index in [4.69, 9.17) is 9.47 Å². The van der Waals surface area contributed by atoms with Crippen LogP contribution in [0.4, 0.5) is 11.4 Å². The van der Waals surface area contributed by atoms with Crippen molar-refractivity contribution in [1.29, 1.82) is 0 Å². The maximum atomic E-state index is 12.4. The number of benzene rings is 3. The van der Waals surface area contributed by atoms with Crippen molar-refractivity contribution in [3.63, 3.8) is 0 Å². The highest BCUT2D eigenvalue weighted by Crippen LogP contribution is 2.29. The monoisotopic (exact) mass is 402 g/mol. The van der Waals surface area contributed by atoms with Gasteiger partial charge in [-0.25, -0.2) is 0 Å². The van der Waals surface area contributed by atoms with Crippen molar-refractivity contribution < 1.29 is 19.1 Å². The van der Waals surface area contributed by atoms with Crippen LogP contribution in [0.5, 0.6) is 17.2 Å². The van der Waals surface area contributed by atoms with Gasteiger partial charge < -0.3 is 19.7 Å². The van der Waals surface area contributed by atoms with Crippen molar-refractivity contribution in [3.8, 4) is 17.2 Å². The molecule has 0 radical (unpaired) electrons. The van der Waals surface area contributed by atoms with Gasteiger partial charge in [-0.1, -0.05) is 30.3 Å². The van der Waals surface area contributed by atoms with Crippen molar-refractivity contribution in [2.24, 2.45) is 0 Å². The summed E-state index contributed by atoms with van der Waals surface area (Å²) in [6.07, 6.45) is 1.47. The highest BCUT2D eigenvalue weighted by atomic mass is 16.5. The van der Waals surface area contributed by atoms with Crippen LogP contribution >= 0.6 is 0 Å². The maximum absolute atomic E-state index is 12.4. The van der Waals surface area contributed by atoms with Crippen LogP contribution in [0.3, 0.4) is 0 Å². The third kappa shape index (κ3) is 4.78. The molecule has 1 saturated heterocycles. The number of anilines is 2. The van der Waals surface area contributed by atoms with Gasteiger partial charge in [-0.2, -0.15) is 0 Å². The Balaban J connectivity index is 1.33. The first-order valence-electron chi connectivity index (χ1n) is 9.84. The zero-order valence-corrected chi connectivity index (χ0v) is 16.4. The molecule has 0 saturated carbocycles. The molecule has 0 atom stereocenters. The summed E-state index contributed by atoms with van der Waals surface area (Å²) >= 11 is 0. The topological polar surface area (TPSA) is 67.9 Å². The SMILES string of the molecule is O=C(COc1ccc(N2CCCC2=O)cc1)Nc1ccccc1Oc1ccccc1. The van der Waals surface area contributed by atoms with Crippen molar-refractivity contribution in [2.75, 3.05) is 23.4 Å². The average molecular weight is 402 g/mol. The molecule has 1 heterocycles. The normalized spacial score (nSPS) is 13.2. The largest absolute Gasteiger partial charge is 0.484 e. The van der Waals surface area contributed by atoms with E-state index in [9.17, 15) is 9.59 Å². The molecular weight excluding hydrogens is 380 g/mol. The molecule has 2 amide bonds. The highest BCUT2D eigenvalue weighted by Gasteiger charge is 2.21. The summed E-state index contributed by atoms with van der Waals surface area (Å²) in [7, 11) is 0. The van der Waals surface area contributed by atoms with E-state index in [1.165, 1.54) is 0 Å². The summed E-state index contributed by atoms with van der Waals surface area (Å²) in [5, 5.41) is 2.82. The summed E-state index contributed by atoms with van der Waals surface area (Å²) in [6.45, 7) is 0.605. The van der Waals surface area contributed by atoms with E-state index in [1.54, 1.807) is 29.2 Å². The molecule has 4 rings (SSSR count). The third-order valence-corrected chi connectivity index (χ3v) is 4.72. The predicted molar refractivity (Wildman–Crippen MR) is 115 cm³/mol. The number of carbonyl (C=O) groups excluding carboxylic acids is 2. The van der Waals surface area contributed by atoms with Gasteiger partial charge in [0.05, 0.1) is 5.69 Å². The lowest BCUT2D eigenvalue weighted by atomic mass is 10.2. The van der Waals surface area contributed by atoms with E-state index in [0.29, 0.717) is 29.4 Å². The zero-order valence-electron chi connectivity index (χ0n) is 16.4. The quantitative estimate of drug-likeness (QED) is 0.626. The van der Waals surface area contributed by atoms with Gasteiger partial charge in [0.15, 0.2) is 12.4 Å². The van der Waals surface area contributed by atoms with Gasteiger partial charge in [0, 0.05) is 18.7 Å². The summed E-state index contributed by atoms with van der Waals surface area (Å²) in [5.74, 6) is 1.65. The first kappa shape index (κ1) is 19.5. The molecule has 0 aromatic heterocycles. The molecule has 3 aromatic carbocycles. The molecule has 1 aliphatic rings. The molecule has 6 heteroatoms. The van der Waals surface area contributed by atoms with Gasteiger partial charge in [-0.05, 0) is 55.0 Å². The summed E-state index contributed by atoms with van der Waals surface area (Å²) < 4.78 is 11.4. The molecular formula is C24H22N2O4. The smallest absolute Gasteiger partial charge is 0.262 e. The number of ether oxygens (including phenoxy) is 2. The molecule has 1 aliphatic heterocycles. The molecule has 0 aliphatic carbocycles. The number of carbonyl (C=O) groups is 2. The van der Waals surface area contributed by atoms with Crippen LogP contribution in [0, 0.1) is 0 Å². The number of hydrogen-bond donors (Lipinski definition) is 1. The van der Waals surface area contributed by atoms with Crippen LogP contribution in [0.1, 0.15) is 12.8 Å². The second-order valence-electron chi connectivity index (χ2n) is 6.89. The number of rotatable bonds is 7. The second kappa shape index (κ2) is 9.13. The van der Waals surface area contributed by atoms with Crippen LogP contribution < -0.4 is 19.7 Å². The van der Waals surface area contributed by atoms with Gasteiger partial charge in [0.25, 0.3) is 5.91 Å². The fourth-order valence-corrected chi connectivity index (χ4v) is 3.25. The van der Waals surface area contributed by atoms with Crippen molar-refractivity contribution in [3.05, 3.63) is 78.9 Å². The Kier molecular flexibility index (Phi) is 5.94. The predicted octanol–water partition coefficient (Wildman–Crippen LogP) is 4.62. The average Bonchev–Trinajstić information content (AvgIpc) is 3.21. The van der Waals surface area contributed by atoms with E-state index in [-0.39, 0.29) is 18.4 Å². The van der Waals surface area contributed by atoms with Gasteiger partial charge in [0.2, 0.25) is 5.91 Å². The Hall–Kier alpha value is -3.80. The summed E-state index contributed by atoms with van der Waals surface area (Å²) in [4.78, 5) is 26.0. The minimum absolute atomic E-state index is 0.137. The third-order valence-electron chi connectivity index (χ3n) is 4.72. The lowest BCUT2D eigenvalue weighted by Gasteiger charge is -2.16. The molecule has 1 fully saturated rings. The fourth-order valence-electron chi connectivity index (χ4n) is 3.25. The van der Waals surface area contributed by atoms with E-state index < -0.39 is 0 Å². The molecule has 0 bridgehead atoms. The van der Waals surface area contributed by atoms with Crippen LogP contribution in [-0.2, 0) is 9.59 Å². The lowest BCUT2D eigenvalue weighted by Crippen LogP contribution is -2.23. The molecule has 1 N–H and O–H groups in total. The number of para-hydroxylation sites is 3. The fraction of sp³-hybridized carbons (Fsp3) is 0.167. The second-order valence-corrected chi connectivity index (χ2v) is 6.89. The van der Waals surface area contributed by atoms with Crippen LogP contribution in [0.15, 0.2) is 78.9 Å². The molecule has 152 valence electrons. The summed E-state index contributed by atoms with van der Waals surface area (Å²) in [6, 6.07) is 23.8. The van der Waals surface area contributed by atoms with Crippen molar-refractivity contribution >= 4 is 23.2 Å². The van der Waals surface area contributed by atoms with Crippen molar-refractivity contribution in [2.45, 2.75) is 12.8 Å². The van der Waals surface area contributed by atoms with Gasteiger partial charge in [-0.3, -0.25) is 9.59 Å². The van der Waals surface area contributed by atoms with Gasteiger partial charge in [0.1, 0.15) is 11.5 Å². The number of amides is 2. The molecule has 0 spiro atoms. The van der Waals surface area contributed by atoms with E-state index in [1.807, 2.05) is 54.6 Å². The minimum atomic E-state index is -0.294. The van der Waals surface area contributed by atoms with E-state index >= 15 is 0 Å². The number of nitrogens with zero attached hydrogens (tertiary/aromatic N) is 1. The number of hydrogen-bond acceptors (Lipinski definition) is 4. The molecule has 0 unspecified atom stereocenters. The Labute approximate surface area is 175 Å². The van der Waals surface area contributed by atoms with Crippen LogP contribution in [0.25, 0.3) is 0 Å². The standard InChI is InChI=1S/C24H22N2O4/c27-23(17-29-19-14-12-18(13-15-19)26-16-6-11-24(26)28)25-21-9-4-5-10-22(21)30-20-7-2-1-3-8-20/h1-5,7-10,12-15H,6,11,16-17H2,(H,25,27). The Morgan fingerprint density at radius 1 is 0.900 bits per heavy atom. The molecule has 6 nitrogen and oxygen atoms in total. The molecule has 30 heavy (non-hydrogen) atoms. The minimum Gasteiger partial charge on any atom is -0.484 e. The van der Waals surface area contributed by atoms with Gasteiger partial charge in [-0.15, -0.1) is 0 Å². The maximum Gasteiger partial charge on any atom is 0.262 e. The molecule has 3 aromatic rings. The van der Waals surface area contributed by atoms with Crippen molar-refractivity contribution in [1.82, 2.24) is 0 Å². The van der Waals surface area contributed by atoms with E-state index in [2.05, 4.69) is 5.32 Å². The Morgan fingerprint density at radius 3 is 2.37 bits per heavy atom.